The Morgan fingerprint density at radius 2 is 1.93 bits per heavy atom. The van der Waals surface area contributed by atoms with Gasteiger partial charge >= 0.3 is 0 Å². The van der Waals surface area contributed by atoms with Gasteiger partial charge in [-0.1, -0.05) is 31.7 Å². The van der Waals surface area contributed by atoms with Gasteiger partial charge in [0, 0.05) is 15.7 Å². The number of thioether (sulfide) groups is 1. The lowest BCUT2D eigenvalue weighted by Gasteiger charge is -2.20. The van der Waals surface area contributed by atoms with Crippen LogP contribution in [0, 0.1) is 12.8 Å². The molecule has 0 amide bonds. The Bertz CT molecular complexity index is 348. The number of alkyl halides is 2. The van der Waals surface area contributed by atoms with E-state index in [4.69, 9.17) is 0 Å². The van der Waals surface area contributed by atoms with Gasteiger partial charge in [0.2, 0.25) is 0 Å². The molecular weight excluding hydrogens is 234 g/mol. The molecule has 1 aromatic carbocycles. The predicted octanol–water partition coefficient (Wildman–Crippen LogP) is 4.62. The molecule has 15 heavy (non-hydrogen) atoms. The minimum atomic E-state index is -2.73. The highest BCUT2D eigenvalue weighted by Gasteiger charge is 2.34. The minimum absolute atomic E-state index is 0.598. The van der Waals surface area contributed by atoms with Crippen LogP contribution in [0.4, 0.5) is 8.78 Å². The second-order valence-electron chi connectivity index (χ2n) is 3.77. The first-order chi connectivity index (χ1) is 6.83. The normalized spacial score (nSPS) is 12.2. The van der Waals surface area contributed by atoms with Crippen molar-refractivity contribution in [3.8, 4) is 0 Å². The van der Waals surface area contributed by atoms with Crippen molar-refractivity contribution in [1.82, 2.24) is 0 Å². The van der Waals surface area contributed by atoms with Crippen LogP contribution in [0.2, 0.25) is 0 Å². The van der Waals surface area contributed by atoms with Crippen LogP contribution in [0.5, 0.6) is 0 Å². The maximum absolute atomic E-state index is 13.5. The zero-order valence-electron chi connectivity index (χ0n) is 8.92. The van der Waals surface area contributed by atoms with E-state index in [2.05, 4.69) is 12.6 Å². The van der Waals surface area contributed by atoms with Crippen molar-refractivity contribution in [2.24, 2.45) is 5.92 Å². The fourth-order valence-electron chi connectivity index (χ4n) is 0.963. The summed E-state index contributed by atoms with van der Waals surface area (Å²) < 4.78 is 27.0. The Morgan fingerprint density at radius 1 is 1.33 bits per heavy atom. The second-order valence-corrected chi connectivity index (χ2v) is 5.47. The molecule has 0 saturated carbocycles. The number of thiol groups is 1. The molecule has 0 spiro atoms. The average molecular weight is 248 g/mol. The van der Waals surface area contributed by atoms with Crippen LogP contribution in [-0.4, -0.2) is 5.25 Å². The maximum atomic E-state index is 13.5. The number of hydrogen-bond acceptors (Lipinski definition) is 2. The van der Waals surface area contributed by atoms with Crippen molar-refractivity contribution in [2.75, 3.05) is 0 Å². The molecule has 0 aliphatic carbocycles. The molecule has 0 N–H and O–H groups in total. The zero-order valence-corrected chi connectivity index (χ0v) is 10.6. The summed E-state index contributed by atoms with van der Waals surface area (Å²) >= 11 is 4.76. The van der Waals surface area contributed by atoms with Gasteiger partial charge in [0.15, 0.2) is 0 Å². The summed E-state index contributed by atoms with van der Waals surface area (Å²) in [5.74, 6) is -0.675. The maximum Gasteiger partial charge on any atom is 0.300 e. The molecule has 0 aliphatic rings. The number of halogens is 2. The smallest absolute Gasteiger partial charge is 0.194 e. The van der Waals surface area contributed by atoms with Crippen LogP contribution < -0.4 is 0 Å². The van der Waals surface area contributed by atoms with E-state index >= 15 is 0 Å². The lowest BCUT2D eigenvalue weighted by Crippen LogP contribution is -2.18. The highest BCUT2D eigenvalue weighted by Crippen LogP contribution is 2.42. The third kappa shape index (κ3) is 3.38. The van der Waals surface area contributed by atoms with E-state index in [1.807, 2.05) is 6.92 Å². The van der Waals surface area contributed by atoms with E-state index < -0.39 is 11.2 Å². The standard InChI is InChI=1S/C11H14F2S2/c1-7(2)11(12,13)15-10-6-9(14)5-4-8(10)3/h4-7,14H,1-3H3. The highest BCUT2D eigenvalue weighted by molar-refractivity contribution is 8.00. The lowest BCUT2D eigenvalue weighted by molar-refractivity contribution is 0.0546. The molecule has 0 unspecified atom stereocenters. The van der Waals surface area contributed by atoms with Crippen molar-refractivity contribution < 1.29 is 8.78 Å². The lowest BCUT2D eigenvalue weighted by atomic mass is 10.2. The van der Waals surface area contributed by atoms with E-state index in [1.165, 1.54) is 13.8 Å². The van der Waals surface area contributed by atoms with Gasteiger partial charge in [-0.05, 0) is 24.6 Å². The number of aryl methyl sites for hydroxylation is 1. The fraction of sp³-hybridized carbons (Fsp3) is 0.455. The summed E-state index contributed by atoms with van der Waals surface area (Å²) in [6, 6.07) is 5.29. The summed E-state index contributed by atoms with van der Waals surface area (Å²) in [4.78, 5) is 1.31. The van der Waals surface area contributed by atoms with Gasteiger partial charge in [0.05, 0.1) is 0 Å². The summed E-state index contributed by atoms with van der Waals surface area (Å²) in [7, 11) is 0. The second kappa shape index (κ2) is 4.74. The Labute approximate surface area is 98.9 Å². The molecule has 0 aromatic heterocycles. The van der Waals surface area contributed by atoms with Gasteiger partial charge in [-0.3, -0.25) is 0 Å². The van der Waals surface area contributed by atoms with Crippen LogP contribution in [0.1, 0.15) is 19.4 Å². The van der Waals surface area contributed by atoms with Gasteiger partial charge in [0.1, 0.15) is 0 Å². The first-order valence-corrected chi connectivity index (χ1v) is 5.95. The van der Waals surface area contributed by atoms with Gasteiger partial charge < -0.3 is 0 Å². The first kappa shape index (κ1) is 12.8. The number of rotatable bonds is 3. The van der Waals surface area contributed by atoms with Gasteiger partial charge in [-0.2, -0.15) is 8.78 Å². The third-order valence-electron chi connectivity index (χ3n) is 2.09. The highest BCUT2D eigenvalue weighted by atomic mass is 32.2. The minimum Gasteiger partial charge on any atom is -0.194 e. The molecule has 84 valence electrons. The van der Waals surface area contributed by atoms with Crippen molar-refractivity contribution in [3.05, 3.63) is 23.8 Å². The molecule has 0 fully saturated rings. The Hall–Kier alpha value is -0.220. The van der Waals surface area contributed by atoms with Gasteiger partial charge in [0.25, 0.3) is 5.25 Å². The van der Waals surface area contributed by atoms with Gasteiger partial charge in [-0.25, -0.2) is 0 Å². The van der Waals surface area contributed by atoms with Crippen LogP contribution in [0.15, 0.2) is 28.0 Å². The molecular formula is C11H14F2S2. The summed E-state index contributed by atoms with van der Waals surface area (Å²) in [5.41, 5.74) is 0.859. The molecule has 0 radical (unpaired) electrons. The molecule has 1 rings (SSSR count). The molecule has 0 heterocycles. The molecule has 0 bridgehead atoms. The molecule has 0 atom stereocenters. The van der Waals surface area contributed by atoms with E-state index in [0.717, 1.165) is 5.56 Å². The Morgan fingerprint density at radius 3 is 2.47 bits per heavy atom. The van der Waals surface area contributed by atoms with Crippen molar-refractivity contribution >= 4 is 24.4 Å². The molecule has 0 saturated heterocycles. The molecule has 4 heteroatoms. The monoisotopic (exact) mass is 248 g/mol. The van der Waals surface area contributed by atoms with E-state index in [-0.39, 0.29) is 0 Å². The number of hydrogen-bond donors (Lipinski definition) is 1. The molecule has 0 aliphatic heterocycles. The van der Waals surface area contributed by atoms with Crippen molar-refractivity contribution in [2.45, 2.75) is 35.8 Å². The van der Waals surface area contributed by atoms with E-state index in [1.54, 1.807) is 18.2 Å². The Kier molecular flexibility index (Phi) is 4.06. The van der Waals surface area contributed by atoms with E-state index in [0.29, 0.717) is 21.6 Å². The largest absolute Gasteiger partial charge is 0.300 e. The van der Waals surface area contributed by atoms with Crippen molar-refractivity contribution in [3.63, 3.8) is 0 Å². The zero-order chi connectivity index (χ0) is 11.6. The third-order valence-corrected chi connectivity index (χ3v) is 3.77. The van der Waals surface area contributed by atoms with Crippen LogP contribution in [-0.2, 0) is 0 Å². The number of benzene rings is 1. The Balaban J connectivity index is 2.94. The summed E-state index contributed by atoms with van der Waals surface area (Å²) in [6.45, 7) is 4.87. The molecule has 0 nitrogen and oxygen atoms in total. The topological polar surface area (TPSA) is 0 Å². The molecule has 1 aromatic rings. The average Bonchev–Trinajstić information content (AvgIpc) is 2.10. The van der Waals surface area contributed by atoms with Crippen LogP contribution in [0.3, 0.4) is 0 Å². The van der Waals surface area contributed by atoms with Crippen molar-refractivity contribution in [1.29, 1.82) is 0 Å². The fourth-order valence-corrected chi connectivity index (χ4v) is 2.20. The first-order valence-electron chi connectivity index (χ1n) is 4.69. The summed E-state index contributed by atoms with van der Waals surface area (Å²) in [5, 5.41) is -2.73. The summed E-state index contributed by atoms with van der Waals surface area (Å²) in [6.07, 6.45) is 0. The SMILES string of the molecule is Cc1ccc(S)cc1SC(F)(F)C(C)C. The predicted molar refractivity (Wildman–Crippen MR) is 64.1 cm³/mol. The van der Waals surface area contributed by atoms with Crippen LogP contribution >= 0.6 is 24.4 Å². The van der Waals surface area contributed by atoms with E-state index in [9.17, 15) is 8.78 Å². The van der Waals surface area contributed by atoms with Gasteiger partial charge in [-0.15, -0.1) is 12.6 Å². The quantitative estimate of drug-likeness (QED) is 0.601. The van der Waals surface area contributed by atoms with Crippen LogP contribution in [0.25, 0.3) is 0 Å².